The van der Waals surface area contributed by atoms with Crippen molar-refractivity contribution in [3.8, 4) is 0 Å². The van der Waals surface area contributed by atoms with Crippen LogP contribution in [-0.2, 0) is 4.79 Å². The Hall–Kier alpha value is -0.720. The summed E-state index contributed by atoms with van der Waals surface area (Å²) in [5.41, 5.74) is 0.400. The lowest BCUT2D eigenvalue weighted by Gasteiger charge is -2.27. The summed E-state index contributed by atoms with van der Waals surface area (Å²) in [5.74, 6) is -0.836. The number of nitrogens with zero attached hydrogens (tertiary/aromatic N) is 1. The van der Waals surface area contributed by atoms with Gasteiger partial charge in [-0.25, -0.2) is 4.79 Å². The summed E-state index contributed by atoms with van der Waals surface area (Å²) in [7, 11) is 0. The number of aliphatic carboxylic acids is 1. The van der Waals surface area contributed by atoms with E-state index >= 15 is 0 Å². The van der Waals surface area contributed by atoms with E-state index in [1.54, 1.807) is 18.2 Å². The van der Waals surface area contributed by atoms with E-state index in [-0.39, 0.29) is 11.3 Å². The third-order valence-electron chi connectivity index (χ3n) is 3.31. The first kappa shape index (κ1) is 16.6. The normalized spacial score (nSPS) is 21.6. The van der Waals surface area contributed by atoms with E-state index < -0.39 is 12.0 Å². The molecule has 1 aliphatic rings. The number of thioether (sulfide) groups is 1. The van der Waals surface area contributed by atoms with E-state index in [4.69, 9.17) is 11.6 Å². The highest BCUT2D eigenvalue weighted by atomic mass is 79.9. The van der Waals surface area contributed by atoms with Crippen LogP contribution in [0, 0.1) is 0 Å². The third kappa shape index (κ3) is 3.55. The highest BCUT2D eigenvalue weighted by molar-refractivity contribution is 9.10. The van der Waals surface area contributed by atoms with Gasteiger partial charge < -0.3 is 10.0 Å². The van der Waals surface area contributed by atoms with Crippen LogP contribution >= 0.6 is 39.3 Å². The van der Waals surface area contributed by atoms with Crippen molar-refractivity contribution < 1.29 is 14.7 Å². The number of halogens is 2. The Morgan fingerprint density at radius 1 is 1.52 bits per heavy atom. The number of carbonyl (C=O) groups excluding carboxylic acids is 1. The summed E-state index contributed by atoms with van der Waals surface area (Å²) in [4.78, 5) is 25.7. The van der Waals surface area contributed by atoms with Crippen LogP contribution in [0.2, 0.25) is 5.02 Å². The minimum Gasteiger partial charge on any atom is -0.480 e. The molecule has 2 unspecified atom stereocenters. The van der Waals surface area contributed by atoms with Gasteiger partial charge in [0.05, 0.1) is 10.9 Å². The van der Waals surface area contributed by atoms with E-state index in [2.05, 4.69) is 15.9 Å². The number of carboxylic acid groups (broad SMARTS) is 1. The lowest BCUT2D eigenvalue weighted by molar-refractivity contribution is -0.141. The second-order valence-electron chi connectivity index (χ2n) is 4.77. The van der Waals surface area contributed by atoms with Gasteiger partial charge >= 0.3 is 5.97 Å². The molecule has 2 atom stereocenters. The zero-order valence-corrected chi connectivity index (χ0v) is 14.5. The van der Waals surface area contributed by atoms with Gasteiger partial charge in [0.15, 0.2) is 0 Å². The first-order valence-corrected chi connectivity index (χ1v) is 8.79. The molecule has 0 bridgehead atoms. The number of carbonyl (C=O) groups is 2. The first-order valence-electron chi connectivity index (χ1n) is 6.57. The monoisotopic (exact) mass is 391 g/mol. The van der Waals surface area contributed by atoms with Crippen LogP contribution in [0.4, 0.5) is 0 Å². The van der Waals surface area contributed by atoms with E-state index in [1.165, 1.54) is 16.7 Å². The molecule has 21 heavy (non-hydrogen) atoms. The minimum atomic E-state index is -0.965. The summed E-state index contributed by atoms with van der Waals surface area (Å²) in [6.45, 7) is 2.02. The summed E-state index contributed by atoms with van der Waals surface area (Å²) in [6, 6.07) is 4.16. The molecule has 1 heterocycles. The van der Waals surface area contributed by atoms with Crippen LogP contribution in [0.1, 0.15) is 30.1 Å². The fourth-order valence-corrected chi connectivity index (χ4v) is 4.40. The second kappa shape index (κ2) is 7.03. The fourth-order valence-electron chi connectivity index (χ4n) is 2.30. The molecule has 0 saturated carbocycles. The fraction of sp³-hybridized carbons (Fsp3) is 0.429. The molecule has 1 saturated heterocycles. The van der Waals surface area contributed by atoms with Crippen molar-refractivity contribution in [2.45, 2.75) is 31.2 Å². The average Bonchev–Trinajstić information content (AvgIpc) is 2.85. The molecule has 0 aliphatic carbocycles. The van der Waals surface area contributed by atoms with Gasteiger partial charge in [0.2, 0.25) is 0 Å². The number of benzene rings is 1. The van der Waals surface area contributed by atoms with Crippen LogP contribution < -0.4 is 0 Å². The molecule has 0 spiro atoms. The standard InChI is InChI=1S/C14H15BrClNO3S/c1-2-3-12-17(11(7-21-12)14(19)20)13(18)9-6-8(16)4-5-10(9)15/h4-6,11-12H,2-3,7H2,1H3,(H,19,20). The minimum absolute atomic E-state index is 0.102. The molecular weight excluding hydrogens is 378 g/mol. The molecule has 1 aliphatic heterocycles. The van der Waals surface area contributed by atoms with Gasteiger partial charge in [0.25, 0.3) is 5.91 Å². The summed E-state index contributed by atoms with van der Waals surface area (Å²) in [5, 5.41) is 9.69. The highest BCUT2D eigenvalue weighted by Crippen LogP contribution is 2.35. The Kier molecular flexibility index (Phi) is 5.57. The summed E-state index contributed by atoms with van der Waals surface area (Å²) in [6.07, 6.45) is 1.67. The maximum Gasteiger partial charge on any atom is 0.327 e. The second-order valence-corrected chi connectivity index (χ2v) is 7.27. The Bertz CT molecular complexity index is 569. The number of hydrogen-bond acceptors (Lipinski definition) is 3. The molecule has 114 valence electrons. The molecule has 2 rings (SSSR count). The lowest BCUT2D eigenvalue weighted by atomic mass is 10.1. The maximum atomic E-state index is 12.8. The van der Waals surface area contributed by atoms with Crippen molar-refractivity contribution in [3.63, 3.8) is 0 Å². The van der Waals surface area contributed by atoms with Gasteiger partial charge in [0.1, 0.15) is 6.04 Å². The Morgan fingerprint density at radius 3 is 2.86 bits per heavy atom. The van der Waals surface area contributed by atoms with Gasteiger partial charge in [0, 0.05) is 15.2 Å². The molecular formula is C14H15BrClNO3S. The Labute approximate surface area is 141 Å². The predicted octanol–water partition coefficient (Wildman–Crippen LogP) is 3.87. The zero-order chi connectivity index (χ0) is 15.6. The van der Waals surface area contributed by atoms with E-state index in [9.17, 15) is 14.7 Å². The molecule has 1 fully saturated rings. The van der Waals surface area contributed by atoms with Crippen LogP contribution in [0.15, 0.2) is 22.7 Å². The van der Waals surface area contributed by atoms with E-state index in [0.717, 1.165) is 12.8 Å². The first-order chi connectivity index (χ1) is 9.95. The van der Waals surface area contributed by atoms with Crippen molar-refractivity contribution in [2.75, 3.05) is 5.75 Å². The number of hydrogen-bond donors (Lipinski definition) is 1. The SMILES string of the molecule is CCCC1SCC(C(=O)O)N1C(=O)c1cc(Cl)ccc1Br. The molecule has 0 aromatic heterocycles. The van der Waals surface area contributed by atoms with Crippen LogP contribution in [-0.4, -0.2) is 39.1 Å². The molecule has 1 aromatic rings. The van der Waals surface area contributed by atoms with E-state index in [1.807, 2.05) is 6.92 Å². The Balaban J connectivity index is 2.36. The lowest BCUT2D eigenvalue weighted by Crippen LogP contribution is -2.45. The average molecular weight is 393 g/mol. The molecule has 4 nitrogen and oxygen atoms in total. The molecule has 1 aromatic carbocycles. The third-order valence-corrected chi connectivity index (χ3v) is 5.59. The zero-order valence-electron chi connectivity index (χ0n) is 11.4. The number of rotatable bonds is 4. The van der Waals surface area contributed by atoms with Gasteiger partial charge in [-0.2, -0.15) is 0 Å². The van der Waals surface area contributed by atoms with Crippen molar-refractivity contribution in [1.82, 2.24) is 4.90 Å². The Morgan fingerprint density at radius 2 is 2.24 bits per heavy atom. The number of amides is 1. The van der Waals surface area contributed by atoms with Crippen molar-refractivity contribution in [1.29, 1.82) is 0 Å². The largest absolute Gasteiger partial charge is 0.480 e. The molecule has 7 heteroatoms. The number of carboxylic acids is 1. The summed E-state index contributed by atoms with van der Waals surface area (Å²) < 4.78 is 0.619. The van der Waals surface area contributed by atoms with Crippen LogP contribution in [0.5, 0.6) is 0 Å². The van der Waals surface area contributed by atoms with E-state index in [0.29, 0.717) is 20.8 Å². The van der Waals surface area contributed by atoms with Crippen molar-refractivity contribution >= 4 is 51.2 Å². The van der Waals surface area contributed by atoms with Crippen molar-refractivity contribution in [3.05, 3.63) is 33.3 Å². The van der Waals surface area contributed by atoms with Gasteiger partial charge in [-0.1, -0.05) is 24.9 Å². The van der Waals surface area contributed by atoms with Crippen molar-refractivity contribution in [2.24, 2.45) is 0 Å². The summed E-state index contributed by atoms with van der Waals surface area (Å²) >= 11 is 10.8. The highest BCUT2D eigenvalue weighted by Gasteiger charge is 2.41. The molecule has 0 radical (unpaired) electrons. The predicted molar refractivity (Wildman–Crippen MR) is 87.9 cm³/mol. The topological polar surface area (TPSA) is 57.6 Å². The van der Waals surface area contributed by atoms with Crippen LogP contribution in [0.3, 0.4) is 0 Å². The quantitative estimate of drug-likeness (QED) is 0.845. The van der Waals surface area contributed by atoms with Gasteiger partial charge in [-0.15, -0.1) is 11.8 Å². The smallest absolute Gasteiger partial charge is 0.327 e. The van der Waals surface area contributed by atoms with Gasteiger partial charge in [-0.3, -0.25) is 4.79 Å². The maximum absolute atomic E-state index is 12.8. The molecule has 1 N–H and O–H groups in total. The van der Waals surface area contributed by atoms with Gasteiger partial charge in [-0.05, 0) is 40.5 Å². The molecule has 1 amide bonds. The van der Waals surface area contributed by atoms with Crippen LogP contribution in [0.25, 0.3) is 0 Å².